The van der Waals surface area contributed by atoms with Crippen LogP contribution < -0.4 is 5.73 Å². The van der Waals surface area contributed by atoms with E-state index in [4.69, 9.17) is 5.73 Å². The quantitative estimate of drug-likeness (QED) is 0.778. The number of nitrogens with zero attached hydrogens (tertiary/aromatic N) is 2. The number of H-pyrrole nitrogens is 1. The summed E-state index contributed by atoms with van der Waals surface area (Å²) in [6.45, 7) is 0. The van der Waals surface area contributed by atoms with Crippen molar-refractivity contribution in [3.63, 3.8) is 0 Å². The molecule has 2 heterocycles. The number of rotatable bonds is 2. The van der Waals surface area contributed by atoms with E-state index in [0.29, 0.717) is 11.6 Å². The summed E-state index contributed by atoms with van der Waals surface area (Å²) in [7, 11) is 0. The van der Waals surface area contributed by atoms with Crippen LogP contribution >= 0.6 is 0 Å². The Morgan fingerprint density at radius 2 is 2.13 bits per heavy atom. The van der Waals surface area contributed by atoms with Crippen molar-refractivity contribution in [1.82, 2.24) is 15.2 Å². The average molecular weight is 200 g/mol. The topological polar surface area (TPSA) is 67.6 Å². The summed E-state index contributed by atoms with van der Waals surface area (Å²) in [6, 6.07) is 5.81. The second-order valence-corrected chi connectivity index (χ2v) is 3.96. The first-order valence-electron chi connectivity index (χ1n) is 5.10. The van der Waals surface area contributed by atoms with Gasteiger partial charge in [-0.15, -0.1) is 0 Å². The fourth-order valence-electron chi connectivity index (χ4n) is 1.63. The normalized spacial score (nSPS) is 15.5. The van der Waals surface area contributed by atoms with Gasteiger partial charge in [0, 0.05) is 11.6 Å². The first kappa shape index (κ1) is 8.47. The molecule has 1 aliphatic carbocycles. The second-order valence-electron chi connectivity index (χ2n) is 3.96. The molecule has 1 saturated carbocycles. The number of pyridine rings is 1. The summed E-state index contributed by atoms with van der Waals surface area (Å²) in [5, 5.41) is 7.31. The van der Waals surface area contributed by atoms with Gasteiger partial charge in [-0.05, 0) is 31.0 Å². The molecule has 0 bridgehead atoms. The van der Waals surface area contributed by atoms with Crippen molar-refractivity contribution >= 4 is 5.69 Å². The molecule has 0 radical (unpaired) electrons. The molecule has 0 spiro atoms. The molecule has 0 aliphatic heterocycles. The molecule has 0 saturated heterocycles. The van der Waals surface area contributed by atoms with Gasteiger partial charge in [0.25, 0.3) is 0 Å². The van der Waals surface area contributed by atoms with E-state index in [1.807, 2.05) is 12.1 Å². The van der Waals surface area contributed by atoms with Gasteiger partial charge in [-0.1, -0.05) is 0 Å². The van der Waals surface area contributed by atoms with Crippen LogP contribution in [0.1, 0.15) is 24.5 Å². The fourth-order valence-corrected chi connectivity index (χ4v) is 1.63. The largest absolute Gasteiger partial charge is 0.397 e. The minimum atomic E-state index is 0.678. The molecular weight excluding hydrogens is 188 g/mol. The van der Waals surface area contributed by atoms with E-state index < -0.39 is 0 Å². The van der Waals surface area contributed by atoms with E-state index in [0.717, 1.165) is 11.4 Å². The molecule has 2 aromatic rings. The van der Waals surface area contributed by atoms with Gasteiger partial charge in [-0.25, -0.2) is 0 Å². The maximum absolute atomic E-state index is 5.58. The Labute approximate surface area is 87.5 Å². The molecule has 0 aromatic carbocycles. The number of hydrogen-bond donors (Lipinski definition) is 2. The Morgan fingerprint density at radius 3 is 2.80 bits per heavy atom. The van der Waals surface area contributed by atoms with Crippen molar-refractivity contribution in [2.75, 3.05) is 5.73 Å². The third kappa shape index (κ3) is 1.58. The molecule has 76 valence electrons. The molecule has 0 unspecified atom stereocenters. The van der Waals surface area contributed by atoms with Gasteiger partial charge in [0.2, 0.25) is 0 Å². The zero-order valence-corrected chi connectivity index (χ0v) is 8.27. The van der Waals surface area contributed by atoms with Crippen molar-refractivity contribution < 1.29 is 0 Å². The van der Waals surface area contributed by atoms with Crippen LogP contribution in [-0.2, 0) is 0 Å². The van der Waals surface area contributed by atoms with Gasteiger partial charge in [-0.2, -0.15) is 5.10 Å². The molecule has 3 rings (SSSR count). The van der Waals surface area contributed by atoms with Gasteiger partial charge < -0.3 is 5.73 Å². The molecule has 1 fully saturated rings. The molecule has 0 atom stereocenters. The van der Waals surface area contributed by atoms with Crippen molar-refractivity contribution in [3.8, 4) is 11.4 Å². The predicted octanol–water partition coefficient (Wildman–Crippen LogP) is 1.93. The number of anilines is 1. The minimum Gasteiger partial charge on any atom is -0.397 e. The van der Waals surface area contributed by atoms with Gasteiger partial charge >= 0.3 is 0 Å². The van der Waals surface area contributed by atoms with Gasteiger partial charge in [0.05, 0.1) is 17.6 Å². The van der Waals surface area contributed by atoms with Crippen LogP contribution in [0.5, 0.6) is 0 Å². The van der Waals surface area contributed by atoms with Gasteiger partial charge in [-0.3, -0.25) is 10.1 Å². The number of nitrogen functional groups attached to an aromatic ring is 1. The standard InChI is InChI=1S/C11H12N4/c12-8-3-4-9(13-6-8)11-5-10(14-15-11)7-1-2-7/h3-7H,1-2,12H2,(H,14,15). The first-order chi connectivity index (χ1) is 7.33. The predicted molar refractivity (Wildman–Crippen MR) is 58.2 cm³/mol. The van der Waals surface area contributed by atoms with Crippen LogP contribution in [0.2, 0.25) is 0 Å². The van der Waals surface area contributed by atoms with Crippen molar-refractivity contribution in [2.45, 2.75) is 18.8 Å². The fraction of sp³-hybridized carbons (Fsp3) is 0.273. The summed E-state index contributed by atoms with van der Waals surface area (Å²) in [5.74, 6) is 0.694. The van der Waals surface area contributed by atoms with E-state index in [2.05, 4.69) is 21.2 Å². The average Bonchev–Trinajstić information content (AvgIpc) is 2.99. The first-order valence-corrected chi connectivity index (χ1v) is 5.10. The van der Waals surface area contributed by atoms with Crippen molar-refractivity contribution in [3.05, 3.63) is 30.1 Å². The lowest BCUT2D eigenvalue weighted by Crippen LogP contribution is -1.88. The molecule has 1 aliphatic rings. The molecule has 0 amide bonds. The summed E-state index contributed by atoms with van der Waals surface area (Å²) in [5.41, 5.74) is 9.25. The third-order valence-corrected chi connectivity index (χ3v) is 2.66. The third-order valence-electron chi connectivity index (χ3n) is 2.66. The lowest BCUT2D eigenvalue weighted by Gasteiger charge is -1.95. The number of aromatic amines is 1. The van der Waals surface area contributed by atoms with Crippen LogP contribution in [-0.4, -0.2) is 15.2 Å². The zero-order valence-electron chi connectivity index (χ0n) is 8.27. The van der Waals surface area contributed by atoms with Crippen LogP contribution in [0.3, 0.4) is 0 Å². The molecule has 4 nitrogen and oxygen atoms in total. The Balaban J connectivity index is 1.93. The smallest absolute Gasteiger partial charge is 0.111 e. The van der Waals surface area contributed by atoms with Crippen molar-refractivity contribution in [1.29, 1.82) is 0 Å². The summed E-state index contributed by atoms with van der Waals surface area (Å²) >= 11 is 0. The second kappa shape index (κ2) is 3.08. The highest BCUT2D eigenvalue weighted by Crippen LogP contribution is 2.39. The summed E-state index contributed by atoms with van der Waals surface area (Å²) in [4.78, 5) is 4.23. The van der Waals surface area contributed by atoms with E-state index in [-0.39, 0.29) is 0 Å². The lowest BCUT2D eigenvalue weighted by atomic mass is 10.2. The highest BCUT2D eigenvalue weighted by Gasteiger charge is 2.25. The van der Waals surface area contributed by atoms with Gasteiger partial charge in [0.15, 0.2) is 0 Å². The maximum Gasteiger partial charge on any atom is 0.111 e. The molecule has 2 aromatic heterocycles. The van der Waals surface area contributed by atoms with E-state index in [9.17, 15) is 0 Å². The SMILES string of the molecule is Nc1ccc(-c2cc(C3CC3)[nH]n2)nc1. The Kier molecular flexibility index (Phi) is 1.74. The molecule has 15 heavy (non-hydrogen) atoms. The Hall–Kier alpha value is -1.84. The van der Waals surface area contributed by atoms with Crippen LogP contribution in [0, 0.1) is 0 Å². The van der Waals surface area contributed by atoms with Crippen LogP contribution in [0.4, 0.5) is 5.69 Å². The number of nitrogens with one attached hydrogen (secondary N) is 1. The van der Waals surface area contributed by atoms with Crippen LogP contribution in [0.15, 0.2) is 24.4 Å². The summed E-state index contributed by atoms with van der Waals surface area (Å²) in [6.07, 6.45) is 4.20. The monoisotopic (exact) mass is 200 g/mol. The highest BCUT2D eigenvalue weighted by atomic mass is 15.1. The number of nitrogens with two attached hydrogens (primary N) is 1. The number of aromatic nitrogens is 3. The van der Waals surface area contributed by atoms with E-state index in [1.54, 1.807) is 6.20 Å². The molecular formula is C11H12N4. The summed E-state index contributed by atoms with van der Waals surface area (Å²) < 4.78 is 0. The van der Waals surface area contributed by atoms with E-state index in [1.165, 1.54) is 18.5 Å². The minimum absolute atomic E-state index is 0.678. The Morgan fingerprint density at radius 1 is 1.27 bits per heavy atom. The van der Waals surface area contributed by atoms with E-state index >= 15 is 0 Å². The lowest BCUT2D eigenvalue weighted by molar-refractivity contribution is 0.965. The van der Waals surface area contributed by atoms with Gasteiger partial charge in [0.1, 0.15) is 5.69 Å². The molecule has 3 N–H and O–H groups in total. The number of hydrogen-bond acceptors (Lipinski definition) is 3. The highest BCUT2D eigenvalue weighted by molar-refractivity contribution is 5.56. The zero-order chi connectivity index (χ0) is 10.3. The van der Waals surface area contributed by atoms with Crippen molar-refractivity contribution in [2.24, 2.45) is 0 Å². The van der Waals surface area contributed by atoms with Crippen LogP contribution in [0.25, 0.3) is 11.4 Å². The molecule has 4 heteroatoms. The Bertz CT molecular complexity index is 468. The maximum atomic E-state index is 5.58.